The molecule has 1 N–H and O–H groups in total. The van der Waals surface area contributed by atoms with E-state index >= 15 is 0 Å². The highest BCUT2D eigenvalue weighted by Gasteiger charge is 2.24. The van der Waals surface area contributed by atoms with Gasteiger partial charge in [0.05, 0.1) is 5.60 Å². The zero-order valence-electron chi connectivity index (χ0n) is 8.76. The molecule has 13 heavy (non-hydrogen) atoms. The van der Waals surface area contributed by atoms with Gasteiger partial charge in [0, 0.05) is 0 Å². The van der Waals surface area contributed by atoms with Gasteiger partial charge in [0.1, 0.15) is 0 Å². The Morgan fingerprint density at radius 2 is 2.00 bits per heavy atom. The minimum absolute atomic E-state index is 0.510. The molecule has 0 saturated heterocycles. The summed E-state index contributed by atoms with van der Waals surface area (Å²) in [4.78, 5) is 0. The fraction of sp³-hybridized carbons (Fsp3) is 0.833. The molecule has 1 heteroatoms. The van der Waals surface area contributed by atoms with Crippen molar-refractivity contribution in [3.63, 3.8) is 0 Å². The van der Waals surface area contributed by atoms with Crippen LogP contribution in [0.4, 0.5) is 0 Å². The van der Waals surface area contributed by atoms with Crippen LogP contribution in [0.15, 0.2) is 12.7 Å². The zero-order chi connectivity index (χ0) is 9.73. The van der Waals surface area contributed by atoms with Crippen LogP contribution in [0.2, 0.25) is 0 Å². The first-order valence-electron chi connectivity index (χ1n) is 5.47. The highest BCUT2D eigenvalue weighted by molar-refractivity contribution is 4.85. The second-order valence-corrected chi connectivity index (χ2v) is 4.70. The van der Waals surface area contributed by atoms with Crippen LogP contribution in [-0.4, -0.2) is 10.7 Å². The van der Waals surface area contributed by atoms with Crippen molar-refractivity contribution in [2.75, 3.05) is 0 Å². The molecule has 0 spiro atoms. The highest BCUT2D eigenvalue weighted by Crippen LogP contribution is 2.31. The third kappa shape index (κ3) is 3.95. The molecule has 0 aromatic carbocycles. The van der Waals surface area contributed by atoms with E-state index in [-0.39, 0.29) is 0 Å². The Labute approximate surface area is 81.9 Å². The van der Waals surface area contributed by atoms with Gasteiger partial charge in [0.2, 0.25) is 0 Å². The molecule has 1 rings (SSSR count). The van der Waals surface area contributed by atoms with Crippen LogP contribution in [0.3, 0.4) is 0 Å². The summed E-state index contributed by atoms with van der Waals surface area (Å²) in [6, 6.07) is 0. The van der Waals surface area contributed by atoms with E-state index in [1.807, 2.05) is 13.0 Å². The molecule has 1 aliphatic carbocycles. The van der Waals surface area contributed by atoms with Gasteiger partial charge in [-0.25, -0.2) is 0 Å². The van der Waals surface area contributed by atoms with Crippen molar-refractivity contribution in [3.05, 3.63) is 12.7 Å². The van der Waals surface area contributed by atoms with Crippen molar-refractivity contribution in [1.82, 2.24) is 0 Å². The van der Waals surface area contributed by atoms with Gasteiger partial charge in [0.15, 0.2) is 0 Å². The summed E-state index contributed by atoms with van der Waals surface area (Å²) < 4.78 is 0. The van der Waals surface area contributed by atoms with E-state index in [2.05, 4.69) is 6.58 Å². The lowest BCUT2D eigenvalue weighted by Crippen LogP contribution is -2.27. The number of hydrogen-bond donors (Lipinski definition) is 1. The predicted octanol–water partition coefficient (Wildman–Crippen LogP) is 3.28. The highest BCUT2D eigenvalue weighted by atomic mass is 16.3. The molecular weight excluding hydrogens is 160 g/mol. The van der Waals surface area contributed by atoms with Crippen molar-refractivity contribution in [3.8, 4) is 0 Å². The average molecular weight is 182 g/mol. The molecule has 1 fully saturated rings. The van der Waals surface area contributed by atoms with E-state index in [0.717, 1.165) is 18.8 Å². The molecule has 0 unspecified atom stereocenters. The van der Waals surface area contributed by atoms with E-state index < -0.39 is 5.60 Å². The van der Waals surface area contributed by atoms with Crippen LogP contribution in [0.1, 0.15) is 51.9 Å². The van der Waals surface area contributed by atoms with Gasteiger partial charge < -0.3 is 5.11 Å². The Hall–Kier alpha value is -0.300. The van der Waals surface area contributed by atoms with E-state index in [1.54, 1.807) is 0 Å². The first kappa shape index (κ1) is 10.8. The van der Waals surface area contributed by atoms with Crippen molar-refractivity contribution < 1.29 is 5.11 Å². The Bertz CT molecular complexity index is 155. The molecule has 1 nitrogen and oxygen atoms in total. The Balaban J connectivity index is 2.32. The molecule has 0 aromatic heterocycles. The SMILES string of the molecule is C=CC[C@](C)(O)CC1CCCCC1. The lowest BCUT2D eigenvalue weighted by molar-refractivity contribution is 0.0305. The Kier molecular flexibility index (Phi) is 3.98. The fourth-order valence-corrected chi connectivity index (χ4v) is 2.41. The number of aliphatic hydroxyl groups is 1. The van der Waals surface area contributed by atoms with Crippen LogP contribution in [-0.2, 0) is 0 Å². The van der Waals surface area contributed by atoms with Crippen LogP contribution in [0.25, 0.3) is 0 Å². The van der Waals surface area contributed by atoms with Crippen LogP contribution >= 0.6 is 0 Å². The topological polar surface area (TPSA) is 20.2 Å². The molecule has 0 heterocycles. The molecule has 1 saturated carbocycles. The normalized spacial score (nSPS) is 23.8. The minimum atomic E-state index is -0.510. The molecular formula is C12H22O. The summed E-state index contributed by atoms with van der Waals surface area (Å²) in [5, 5.41) is 10.00. The summed E-state index contributed by atoms with van der Waals surface area (Å²) >= 11 is 0. The molecule has 0 radical (unpaired) electrons. The summed E-state index contributed by atoms with van der Waals surface area (Å²) in [7, 11) is 0. The fourth-order valence-electron chi connectivity index (χ4n) is 2.41. The average Bonchev–Trinajstić information content (AvgIpc) is 2.04. The van der Waals surface area contributed by atoms with Gasteiger partial charge in [0.25, 0.3) is 0 Å². The second-order valence-electron chi connectivity index (χ2n) is 4.70. The second kappa shape index (κ2) is 4.80. The molecule has 0 aliphatic heterocycles. The molecule has 76 valence electrons. The van der Waals surface area contributed by atoms with E-state index in [4.69, 9.17) is 0 Å². The molecule has 1 atom stereocenters. The molecule has 0 bridgehead atoms. The van der Waals surface area contributed by atoms with Gasteiger partial charge in [-0.3, -0.25) is 0 Å². The third-order valence-corrected chi connectivity index (χ3v) is 3.04. The lowest BCUT2D eigenvalue weighted by atomic mass is 9.80. The quantitative estimate of drug-likeness (QED) is 0.661. The van der Waals surface area contributed by atoms with Crippen LogP contribution in [0, 0.1) is 5.92 Å². The van der Waals surface area contributed by atoms with E-state index in [1.165, 1.54) is 32.1 Å². The number of rotatable bonds is 4. The smallest absolute Gasteiger partial charge is 0.0656 e. The Morgan fingerprint density at radius 3 is 2.54 bits per heavy atom. The van der Waals surface area contributed by atoms with Gasteiger partial charge in [-0.05, 0) is 25.7 Å². The molecule has 0 aromatic rings. The first-order chi connectivity index (χ1) is 6.14. The maximum atomic E-state index is 10.00. The van der Waals surface area contributed by atoms with Crippen molar-refractivity contribution in [2.45, 2.75) is 57.5 Å². The minimum Gasteiger partial charge on any atom is -0.390 e. The molecule has 1 aliphatic rings. The molecule has 0 amide bonds. The summed E-state index contributed by atoms with van der Waals surface area (Å²) in [6.45, 7) is 5.61. The van der Waals surface area contributed by atoms with E-state index in [9.17, 15) is 5.11 Å². The largest absolute Gasteiger partial charge is 0.390 e. The van der Waals surface area contributed by atoms with Crippen LogP contribution < -0.4 is 0 Å². The first-order valence-corrected chi connectivity index (χ1v) is 5.47. The van der Waals surface area contributed by atoms with Crippen molar-refractivity contribution in [2.24, 2.45) is 5.92 Å². The maximum absolute atomic E-state index is 10.00. The standard InChI is InChI=1S/C12H22O/c1-3-9-12(2,13)10-11-7-5-4-6-8-11/h3,11,13H,1,4-10H2,2H3/t12-/m0/s1. The van der Waals surface area contributed by atoms with Gasteiger partial charge in [-0.2, -0.15) is 0 Å². The third-order valence-electron chi connectivity index (χ3n) is 3.04. The summed E-state index contributed by atoms with van der Waals surface area (Å²) in [5.74, 6) is 0.753. The van der Waals surface area contributed by atoms with Gasteiger partial charge in [-0.1, -0.05) is 38.2 Å². The monoisotopic (exact) mass is 182 g/mol. The summed E-state index contributed by atoms with van der Waals surface area (Å²) in [5.41, 5.74) is -0.510. The Morgan fingerprint density at radius 1 is 1.38 bits per heavy atom. The maximum Gasteiger partial charge on any atom is 0.0656 e. The summed E-state index contributed by atoms with van der Waals surface area (Å²) in [6.07, 6.45) is 10.2. The zero-order valence-corrected chi connectivity index (χ0v) is 8.76. The van der Waals surface area contributed by atoms with E-state index in [0.29, 0.717) is 0 Å². The van der Waals surface area contributed by atoms with Crippen LogP contribution in [0.5, 0.6) is 0 Å². The predicted molar refractivity (Wildman–Crippen MR) is 56.6 cm³/mol. The van der Waals surface area contributed by atoms with Crippen molar-refractivity contribution in [1.29, 1.82) is 0 Å². The van der Waals surface area contributed by atoms with Gasteiger partial charge in [-0.15, -0.1) is 6.58 Å². The lowest BCUT2D eigenvalue weighted by Gasteiger charge is -2.29. The van der Waals surface area contributed by atoms with Crippen molar-refractivity contribution >= 4 is 0 Å². The number of hydrogen-bond acceptors (Lipinski definition) is 1. The van der Waals surface area contributed by atoms with Gasteiger partial charge >= 0.3 is 0 Å².